The molecule has 4 aromatic rings. The summed E-state index contributed by atoms with van der Waals surface area (Å²) in [5, 5.41) is 16.4. The lowest BCUT2D eigenvalue weighted by molar-refractivity contribution is 0.174. The lowest BCUT2D eigenvalue weighted by Gasteiger charge is -2.07. The van der Waals surface area contributed by atoms with Crippen molar-refractivity contribution < 1.29 is 9.47 Å². The number of ether oxygens (including phenoxy) is 2. The van der Waals surface area contributed by atoms with Gasteiger partial charge in [-0.3, -0.25) is 0 Å². The number of hydrogen-bond acceptors (Lipinski definition) is 6. The molecule has 0 unspecified atom stereocenters. The Morgan fingerprint density at radius 3 is 2.73 bits per heavy atom. The Labute approximate surface area is 149 Å². The monoisotopic (exact) mass is 345 g/mol. The molecule has 0 atom stereocenters. The molecule has 3 heterocycles. The smallest absolute Gasteiger partial charge is 0.231 e. The van der Waals surface area contributed by atoms with E-state index >= 15 is 0 Å². The van der Waals surface area contributed by atoms with Crippen LogP contribution in [0.1, 0.15) is 5.56 Å². The van der Waals surface area contributed by atoms with Crippen LogP contribution in [0, 0.1) is 0 Å². The van der Waals surface area contributed by atoms with Gasteiger partial charge in [0.1, 0.15) is 5.82 Å². The third-order valence-corrected chi connectivity index (χ3v) is 4.21. The van der Waals surface area contributed by atoms with Gasteiger partial charge in [-0.25, -0.2) is 0 Å². The van der Waals surface area contributed by atoms with Crippen LogP contribution >= 0.6 is 0 Å². The second-order valence-corrected chi connectivity index (χ2v) is 5.92. The fourth-order valence-electron chi connectivity index (χ4n) is 2.89. The molecule has 2 aromatic heterocycles. The van der Waals surface area contributed by atoms with E-state index in [1.165, 1.54) is 0 Å². The molecule has 0 saturated carbocycles. The van der Waals surface area contributed by atoms with E-state index in [-0.39, 0.29) is 6.79 Å². The average molecular weight is 345 g/mol. The van der Waals surface area contributed by atoms with Crippen molar-refractivity contribution in [2.45, 2.75) is 6.54 Å². The molecule has 1 N–H and O–H groups in total. The first-order valence-electron chi connectivity index (χ1n) is 8.27. The summed E-state index contributed by atoms with van der Waals surface area (Å²) in [6.45, 7) is 0.901. The van der Waals surface area contributed by atoms with Gasteiger partial charge in [0.05, 0.1) is 0 Å². The van der Waals surface area contributed by atoms with Crippen molar-refractivity contribution in [2.75, 3.05) is 12.1 Å². The molecule has 1 aliphatic rings. The zero-order chi connectivity index (χ0) is 17.3. The van der Waals surface area contributed by atoms with Gasteiger partial charge in [-0.1, -0.05) is 36.4 Å². The highest BCUT2D eigenvalue weighted by Crippen LogP contribution is 2.32. The molecule has 7 nitrogen and oxygen atoms in total. The van der Waals surface area contributed by atoms with Gasteiger partial charge in [0.25, 0.3) is 0 Å². The molecule has 0 saturated heterocycles. The zero-order valence-electron chi connectivity index (χ0n) is 13.8. The standard InChI is InChI=1S/C19H15N5O2/c1-2-4-14(5-3-1)19-22-21-18-9-8-17(23-24(18)19)20-11-13-6-7-15-16(10-13)26-12-25-15/h1-10H,11-12H2,(H,20,23). The molecule has 0 radical (unpaired) electrons. The number of nitrogens with one attached hydrogen (secondary N) is 1. The van der Waals surface area contributed by atoms with E-state index in [1.807, 2.05) is 60.7 Å². The molecule has 0 bridgehead atoms. The molecule has 26 heavy (non-hydrogen) atoms. The van der Waals surface area contributed by atoms with Gasteiger partial charge in [-0.05, 0) is 29.8 Å². The number of nitrogens with zero attached hydrogens (tertiary/aromatic N) is 4. The van der Waals surface area contributed by atoms with E-state index in [1.54, 1.807) is 4.52 Å². The van der Waals surface area contributed by atoms with Gasteiger partial charge >= 0.3 is 0 Å². The summed E-state index contributed by atoms with van der Waals surface area (Å²) >= 11 is 0. The highest BCUT2D eigenvalue weighted by atomic mass is 16.7. The third-order valence-electron chi connectivity index (χ3n) is 4.21. The minimum absolute atomic E-state index is 0.278. The Morgan fingerprint density at radius 2 is 1.81 bits per heavy atom. The summed E-state index contributed by atoms with van der Waals surface area (Å²) in [6, 6.07) is 19.6. The second kappa shape index (κ2) is 6.03. The minimum atomic E-state index is 0.278. The van der Waals surface area contributed by atoms with Gasteiger partial charge in [0.2, 0.25) is 6.79 Å². The maximum Gasteiger partial charge on any atom is 0.231 e. The zero-order valence-corrected chi connectivity index (χ0v) is 13.8. The van der Waals surface area contributed by atoms with Crippen LogP contribution in [0.4, 0.5) is 5.82 Å². The Kier molecular flexibility index (Phi) is 3.41. The predicted molar refractivity (Wildman–Crippen MR) is 96.1 cm³/mol. The summed E-state index contributed by atoms with van der Waals surface area (Å²) < 4.78 is 12.5. The summed E-state index contributed by atoms with van der Waals surface area (Å²) in [5.74, 6) is 3.02. The molecule has 5 rings (SSSR count). The lowest BCUT2D eigenvalue weighted by Crippen LogP contribution is -2.04. The number of anilines is 1. The number of fused-ring (bicyclic) bond motifs is 2. The first kappa shape index (κ1) is 14.7. The Bertz CT molecular complexity index is 1080. The number of rotatable bonds is 4. The lowest BCUT2D eigenvalue weighted by atomic mass is 10.2. The number of hydrogen-bond donors (Lipinski definition) is 1. The Morgan fingerprint density at radius 1 is 0.923 bits per heavy atom. The van der Waals surface area contributed by atoms with Crippen molar-refractivity contribution in [1.29, 1.82) is 0 Å². The Balaban J connectivity index is 1.41. The molecule has 0 amide bonds. The van der Waals surface area contributed by atoms with E-state index in [4.69, 9.17) is 9.47 Å². The normalized spacial score (nSPS) is 12.5. The highest BCUT2D eigenvalue weighted by molar-refractivity contribution is 5.59. The molecule has 1 aliphatic heterocycles. The maximum atomic E-state index is 5.42. The van der Waals surface area contributed by atoms with Crippen molar-refractivity contribution in [3.63, 3.8) is 0 Å². The van der Waals surface area contributed by atoms with Crippen LogP contribution in [0.25, 0.3) is 17.0 Å². The molecule has 0 spiro atoms. The largest absolute Gasteiger partial charge is 0.454 e. The first-order valence-corrected chi connectivity index (χ1v) is 8.27. The van der Waals surface area contributed by atoms with Crippen LogP contribution < -0.4 is 14.8 Å². The fraction of sp³-hybridized carbons (Fsp3) is 0.105. The van der Waals surface area contributed by atoms with E-state index < -0.39 is 0 Å². The van der Waals surface area contributed by atoms with Crippen LogP contribution in [-0.2, 0) is 6.54 Å². The molecule has 128 valence electrons. The van der Waals surface area contributed by atoms with Crippen molar-refractivity contribution >= 4 is 11.5 Å². The van der Waals surface area contributed by atoms with E-state index in [0.717, 1.165) is 28.4 Å². The van der Waals surface area contributed by atoms with Gasteiger partial charge in [0.15, 0.2) is 23.0 Å². The van der Waals surface area contributed by atoms with Gasteiger partial charge in [-0.2, -0.15) is 4.52 Å². The number of aromatic nitrogens is 4. The van der Waals surface area contributed by atoms with E-state index in [0.29, 0.717) is 18.0 Å². The maximum absolute atomic E-state index is 5.42. The topological polar surface area (TPSA) is 73.6 Å². The van der Waals surface area contributed by atoms with E-state index in [2.05, 4.69) is 20.6 Å². The van der Waals surface area contributed by atoms with Gasteiger partial charge in [-0.15, -0.1) is 15.3 Å². The second-order valence-electron chi connectivity index (χ2n) is 5.92. The summed E-state index contributed by atoms with van der Waals surface area (Å²) in [4.78, 5) is 0. The quantitative estimate of drug-likeness (QED) is 0.613. The van der Waals surface area contributed by atoms with Crippen LogP contribution in [0.15, 0.2) is 60.7 Å². The Hall–Kier alpha value is -3.61. The first-order chi connectivity index (χ1) is 12.9. The van der Waals surface area contributed by atoms with Crippen LogP contribution in [0.3, 0.4) is 0 Å². The minimum Gasteiger partial charge on any atom is -0.454 e. The molecule has 7 heteroatoms. The van der Waals surface area contributed by atoms with E-state index in [9.17, 15) is 0 Å². The van der Waals surface area contributed by atoms with Crippen molar-refractivity contribution in [1.82, 2.24) is 19.8 Å². The summed E-state index contributed by atoms with van der Waals surface area (Å²) in [5.41, 5.74) is 2.76. The fourth-order valence-corrected chi connectivity index (χ4v) is 2.89. The molecule has 0 aliphatic carbocycles. The van der Waals surface area contributed by atoms with Crippen molar-refractivity contribution in [3.05, 3.63) is 66.2 Å². The summed E-state index contributed by atoms with van der Waals surface area (Å²) in [6.07, 6.45) is 0. The van der Waals surface area contributed by atoms with Gasteiger partial charge in [0, 0.05) is 12.1 Å². The van der Waals surface area contributed by atoms with Crippen LogP contribution in [-0.4, -0.2) is 26.6 Å². The van der Waals surface area contributed by atoms with Gasteiger partial charge < -0.3 is 14.8 Å². The molecular weight excluding hydrogens is 330 g/mol. The SMILES string of the molecule is c1ccc(-c2nnc3ccc(NCc4ccc5c(c4)OCO5)nn23)cc1. The van der Waals surface area contributed by atoms with Crippen molar-refractivity contribution in [2.24, 2.45) is 0 Å². The highest BCUT2D eigenvalue weighted by Gasteiger charge is 2.13. The summed E-state index contributed by atoms with van der Waals surface area (Å²) in [7, 11) is 0. The van der Waals surface area contributed by atoms with Crippen LogP contribution in [0.5, 0.6) is 11.5 Å². The predicted octanol–water partition coefficient (Wildman–Crippen LogP) is 3.13. The molecular formula is C19H15N5O2. The molecule has 2 aromatic carbocycles. The van der Waals surface area contributed by atoms with Crippen molar-refractivity contribution in [3.8, 4) is 22.9 Å². The third kappa shape index (κ3) is 2.59. The number of benzene rings is 2. The molecule has 0 fully saturated rings. The average Bonchev–Trinajstić information content (AvgIpc) is 3.33. The van der Waals surface area contributed by atoms with Crippen LogP contribution in [0.2, 0.25) is 0 Å².